The van der Waals surface area contributed by atoms with Crippen molar-refractivity contribution in [1.82, 2.24) is 0 Å². The van der Waals surface area contributed by atoms with Gasteiger partial charge in [0.1, 0.15) is 0 Å². The molecule has 0 saturated heterocycles. The Morgan fingerprint density at radius 1 is 0.576 bits per heavy atom. The van der Waals surface area contributed by atoms with E-state index in [1.165, 1.54) is 50.1 Å². The van der Waals surface area contributed by atoms with E-state index in [1.807, 2.05) is 0 Å². The SMILES string of the molecule is CC1=C(C)CC(C(c2ccccc2)(c2ccccc2)C2c3ccccc3-c3ccccc32)=C1. The standard InChI is InChI=1S/C33H28/c1-23-21-27(22-24(23)2)33(25-13-5-3-6-14-25,26-15-7-4-8-16-26)32-30-19-11-9-17-28(30)29-18-10-12-20-31(29)32/h3-21,32H,22H2,1-2H3. The van der Waals surface area contributed by atoms with E-state index in [9.17, 15) is 0 Å². The van der Waals surface area contributed by atoms with Gasteiger partial charge in [0.2, 0.25) is 0 Å². The van der Waals surface area contributed by atoms with Crippen molar-refractivity contribution in [3.05, 3.63) is 154 Å². The molecule has 0 amide bonds. The van der Waals surface area contributed by atoms with Crippen molar-refractivity contribution in [3.63, 3.8) is 0 Å². The third kappa shape index (κ3) is 2.91. The average molecular weight is 425 g/mol. The normalized spacial score (nSPS) is 15.4. The quantitative estimate of drug-likeness (QED) is 0.308. The Morgan fingerprint density at radius 2 is 1.03 bits per heavy atom. The maximum atomic E-state index is 2.47. The minimum atomic E-state index is -0.287. The van der Waals surface area contributed by atoms with E-state index in [4.69, 9.17) is 0 Å². The summed E-state index contributed by atoms with van der Waals surface area (Å²) in [6.45, 7) is 4.55. The Balaban J connectivity index is 1.75. The van der Waals surface area contributed by atoms with Crippen LogP contribution in [0, 0.1) is 0 Å². The predicted octanol–water partition coefficient (Wildman–Crippen LogP) is 8.45. The Bertz CT molecular complexity index is 1300. The molecule has 4 aromatic rings. The maximum absolute atomic E-state index is 2.47. The zero-order valence-electron chi connectivity index (χ0n) is 19.3. The van der Waals surface area contributed by atoms with Crippen LogP contribution in [-0.4, -0.2) is 0 Å². The lowest BCUT2D eigenvalue weighted by molar-refractivity contribution is 0.525. The summed E-state index contributed by atoms with van der Waals surface area (Å²) in [5.41, 5.74) is 12.4. The zero-order chi connectivity index (χ0) is 22.4. The summed E-state index contributed by atoms with van der Waals surface area (Å²) in [4.78, 5) is 0. The Hall–Kier alpha value is -3.64. The van der Waals surface area contributed by atoms with Gasteiger partial charge in [0.25, 0.3) is 0 Å². The van der Waals surface area contributed by atoms with Crippen LogP contribution in [0.5, 0.6) is 0 Å². The van der Waals surface area contributed by atoms with Crippen LogP contribution in [0.2, 0.25) is 0 Å². The van der Waals surface area contributed by atoms with Crippen LogP contribution < -0.4 is 0 Å². The van der Waals surface area contributed by atoms with Crippen LogP contribution in [-0.2, 0) is 5.41 Å². The minimum absolute atomic E-state index is 0.208. The predicted molar refractivity (Wildman–Crippen MR) is 138 cm³/mol. The molecule has 6 rings (SSSR count). The zero-order valence-corrected chi connectivity index (χ0v) is 19.3. The van der Waals surface area contributed by atoms with Gasteiger partial charge in [-0.15, -0.1) is 0 Å². The number of allylic oxidation sites excluding steroid dienone is 4. The minimum Gasteiger partial charge on any atom is -0.0663 e. The van der Waals surface area contributed by atoms with Gasteiger partial charge in [-0.25, -0.2) is 0 Å². The summed E-state index contributed by atoms with van der Waals surface area (Å²) in [5, 5.41) is 0. The molecule has 0 N–H and O–H groups in total. The van der Waals surface area contributed by atoms with Crippen LogP contribution in [0.15, 0.2) is 132 Å². The van der Waals surface area contributed by atoms with Crippen molar-refractivity contribution in [2.45, 2.75) is 31.6 Å². The van der Waals surface area contributed by atoms with E-state index in [2.05, 4.69) is 129 Å². The number of rotatable bonds is 4. The van der Waals surface area contributed by atoms with Gasteiger partial charge < -0.3 is 0 Å². The van der Waals surface area contributed by atoms with Gasteiger partial charge in [0, 0.05) is 5.92 Å². The fourth-order valence-corrected chi connectivity index (χ4v) is 6.19. The molecule has 2 aliphatic carbocycles. The first-order chi connectivity index (χ1) is 16.2. The van der Waals surface area contributed by atoms with Crippen LogP contribution in [0.3, 0.4) is 0 Å². The Morgan fingerprint density at radius 3 is 1.48 bits per heavy atom. The van der Waals surface area contributed by atoms with Gasteiger partial charge in [0.05, 0.1) is 5.41 Å². The molecule has 0 nitrogen and oxygen atoms in total. The first kappa shape index (κ1) is 20.0. The van der Waals surface area contributed by atoms with Crippen LogP contribution >= 0.6 is 0 Å². The summed E-state index contributed by atoms with van der Waals surface area (Å²) >= 11 is 0. The van der Waals surface area contributed by atoms with E-state index in [1.54, 1.807) is 0 Å². The molecule has 0 heterocycles. The average Bonchev–Trinajstić information content (AvgIpc) is 3.39. The summed E-state index contributed by atoms with van der Waals surface area (Å²) in [7, 11) is 0. The molecule has 160 valence electrons. The molecule has 4 aromatic carbocycles. The summed E-state index contributed by atoms with van der Waals surface area (Å²) in [6, 6.07) is 40.4. The van der Waals surface area contributed by atoms with Gasteiger partial charge in [-0.1, -0.05) is 126 Å². The fraction of sp³-hybridized carbons (Fsp3) is 0.152. The molecule has 2 aliphatic rings. The maximum Gasteiger partial charge on any atom is 0.0526 e. The van der Waals surface area contributed by atoms with Crippen LogP contribution in [0.1, 0.15) is 48.4 Å². The number of hydrogen-bond donors (Lipinski definition) is 0. The van der Waals surface area contributed by atoms with Crippen molar-refractivity contribution < 1.29 is 0 Å². The van der Waals surface area contributed by atoms with Crippen LogP contribution in [0.4, 0.5) is 0 Å². The Labute approximate surface area is 196 Å². The molecule has 0 fully saturated rings. The van der Waals surface area contributed by atoms with Crippen molar-refractivity contribution in [2.75, 3.05) is 0 Å². The Kier molecular flexibility index (Phi) is 4.69. The van der Waals surface area contributed by atoms with E-state index < -0.39 is 0 Å². The monoisotopic (exact) mass is 424 g/mol. The van der Waals surface area contributed by atoms with Gasteiger partial charge in [-0.2, -0.15) is 0 Å². The lowest BCUT2D eigenvalue weighted by Gasteiger charge is -2.43. The van der Waals surface area contributed by atoms with E-state index in [0.717, 1.165) is 6.42 Å². The third-order valence-electron chi connectivity index (χ3n) is 7.75. The van der Waals surface area contributed by atoms with Crippen molar-refractivity contribution in [3.8, 4) is 11.1 Å². The number of benzene rings is 4. The molecular weight excluding hydrogens is 396 g/mol. The van der Waals surface area contributed by atoms with Gasteiger partial charge >= 0.3 is 0 Å². The van der Waals surface area contributed by atoms with Crippen molar-refractivity contribution in [2.24, 2.45) is 0 Å². The highest BCUT2D eigenvalue weighted by molar-refractivity contribution is 5.81. The van der Waals surface area contributed by atoms with Gasteiger partial charge in [0.15, 0.2) is 0 Å². The van der Waals surface area contributed by atoms with Gasteiger partial charge in [-0.05, 0) is 59.2 Å². The summed E-state index contributed by atoms with van der Waals surface area (Å²) < 4.78 is 0. The van der Waals surface area contributed by atoms with Gasteiger partial charge in [-0.3, -0.25) is 0 Å². The lowest BCUT2D eigenvalue weighted by atomic mass is 9.58. The van der Waals surface area contributed by atoms with Crippen LogP contribution in [0.25, 0.3) is 11.1 Å². The molecule has 0 saturated carbocycles. The highest BCUT2D eigenvalue weighted by atomic mass is 14.5. The molecule has 0 spiro atoms. The molecule has 0 atom stereocenters. The molecule has 0 aliphatic heterocycles. The number of fused-ring (bicyclic) bond motifs is 3. The molecule has 0 unspecified atom stereocenters. The van der Waals surface area contributed by atoms with E-state index in [0.29, 0.717) is 0 Å². The smallest absolute Gasteiger partial charge is 0.0526 e. The molecule has 0 bridgehead atoms. The second kappa shape index (κ2) is 7.74. The van der Waals surface area contributed by atoms with E-state index in [-0.39, 0.29) is 11.3 Å². The van der Waals surface area contributed by atoms with E-state index >= 15 is 0 Å². The summed E-state index contributed by atoms with van der Waals surface area (Å²) in [5.74, 6) is 0.208. The molecular formula is C33H28. The summed E-state index contributed by atoms with van der Waals surface area (Å²) in [6.07, 6.45) is 3.48. The fourth-order valence-electron chi connectivity index (χ4n) is 6.19. The first-order valence-electron chi connectivity index (χ1n) is 11.9. The van der Waals surface area contributed by atoms with Crippen molar-refractivity contribution in [1.29, 1.82) is 0 Å². The highest BCUT2D eigenvalue weighted by Crippen LogP contribution is 2.60. The highest BCUT2D eigenvalue weighted by Gasteiger charge is 2.50. The van der Waals surface area contributed by atoms with Crippen molar-refractivity contribution >= 4 is 0 Å². The molecule has 0 heteroatoms. The second-order valence-corrected chi connectivity index (χ2v) is 9.46. The topological polar surface area (TPSA) is 0 Å². The molecule has 0 radical (unpaired) electrons. The number of hydrogen-bond acceptors (Lipinski definition) is 0. The first-order valence-corrected chi connectivity index (χ1v) is 11.9. The third-order valence-corrected chi connectivity index (χ3v) is 7.75. The largest absolute Gasteiger partial charge is 0.0663 e. The second-order valence-electron chi connectivity index (χ2n) is 9.46. The molecule has 33 heavy (non-hydrogen) atoms. The molecule has 0 aromatic heterocycles. The lowest BCUT2D eigenvalue weighted by Crippen LogP contribution is -2.37.